The van der Waals surface area contributed by atoms with E-state index in [1.165, 1.54) is 13.0 Å². The molecule has 1 aromatic heterocycles. The fourth-order valence-electron chi connectivity index (χ4n) is 2.71. The van der Waals surface area contributed by atoms with E-state index in [4.69, 9.17) is 0 Å². The molecule has 3 rings (SSSR count). The standard InChI is InChI=1S/C22H21FN4O2/c1-15(28)26-17-6-8-18(9-7-17)27-22(29)21-11-10-19(14-25-21)24-13-12-16-4-2-3-5-20(16)23/h2-11,14,24H,12-13H2,1H3,(H,26,28)(H,27,29). The molecule has 0 saturated carbocycles. The van der Waals surface area contributed by atoms with Gasteiger partial charge in [0.25, 0.3) is 5.91 Å². The lowest BCUT2D eigenvalue weighted by Crippen LogP contribution is -2.14. The summed E-state index contributed by atoms with van der Waals surface area (Å²) < 4.78 is 13.6. The SMILES string of the molecule is CC(=O)Nc1ccc(NC(=O)c2ccc(NCCc3ccccc3F)cn2)cc1. The first-order valence-corrected chi connectivity index (χ1v) is 9.13. The smallest absolute Gasteiger partial charge is 0.274 e. The number of pyridine rings is 1. The van der Waals surface area contributed by atoms with Gasteiger partial charge in [0.2, 0.25) is 5.91 Å². The van der Waals surface area contributed by atoms with Crippen molar-refractivity contribution in [3.63, 3.8) is 0 Å². The molecule has 2 amide bonds. The van der Waals surface area contributed by atoms with Gasteiger partial charge in [-0.3, -0.25) is 9.59 Å². The molecule has 2 aromatic carbocycles. The lowest BCUT2D eigenvalue weighted by Gasteiger charge is -2.09. The minimum Gasteiger partial charge on any atom is -0.383 e. The van der Waals surface area contributed by atoms with Gasteiger partial charge in [0.1, 0.15) is 11.5 Å². The largest absolute Gasteiger partial charge is 0.383 e. The minimum atomic E-state index is -0.338. The maximum Gasteiger partial charge on any atom is 0.274 e. The van der Waals surface area contributed by atoms with Crippen LogP contribution in [-0.2, 0) is 11.2 Å². The summed E-state index contributed by atoms with van der Waals surface area (Å²) in [7, 11) is 0. The average Bonchev–Trinajstić information content (AvgIpc) is 2.71. The van der Waals surface area contributed by atoms with Crippen LogP contribution in [0.2, 0.25) is 0 Å². The van der Waals surface area contributed by atoms with Crippen molar-refractivity contribution in [3.8, 4) is 0 Å². The number of halogens is 1. The summed E-state index contributed by atoms with van der Waals surface area (Å²) in [6, 6.07) is 16.8. The summed E-state index contributed by atoms with van der Waals surface area (Å²) in [5, 5.41) is 8.58. The van der Waals surface area contributed by atoms with E-state index in [2.05, 4.69) is 20.9 Å². The first-order chi connectivity index (χ1) is 14.0. The molecule has 29 heavy (non-hydrogen) atoms. The summed E-state index contributed by atoms with van der Waals surface area (Å²) in [5.74, 6) is -0.715. The normalized spacial score (nSPS) is 10.3. The van der Waals surface area contributed by atoms with Crippen LogP contribution in [0, 0.1) is 5.82 Å². The molecule has 6 nitrogen and oxygen atoms in total. The van der Waals surface area contributed by atoms with Gasteiger partial charge >= 0.3 is 0 Å². The first-order valence-electron chi connectivity index (χ1n) is 9.13. The van der Waals surface area contributed by atoms with Gasteiger partial charge in [0.15, 0.2) is 0 Å². The Kier molecular flexibility index (Phi) is 6.52. The number of nitrogens with one attached hydrogen (secondary N) is 3. The quantitative estimate of drug-likeness (QED) is 0.566. The summed E-state index contributed by atoms with van der Waals surface area (Å²) >= 11 is 0. The van der Waals surface area contributed by atoms with Crippen molar-refractivity contribution in [2.24, 2.45) is 0 Å². The third-order valence-corrected chi connectivity index (χ3v) is 4.14. The highest BCUT2D eigenvalue weighted by Crippen LogP contribution is 2.15. The molecule has 3 N–H and O–H groups in total. The zero-order valence-electron chi connectivity index (χ0n) is 15.9. The van der Waals surface area contributed by atoms with E-state index in [1.807, 2.05) is 0 Å². The van der Waals surface area contributed by atoms with Gasteiger partial charge in [-0.1, -0.05) is 18.2 Å². The number of hydrogen-bond acceptors (Lipinski definition) is 4. The van der Waals surface area contributed by atoms with Crippen LogP contribution in [0.4, 0.5) is 21.5 Å². The molecule has 0 fully saturated rings. The molecule has 0 aliphatic carbocycles. The minimum absolute atomic E-state index is 0.159. The maximum absolute atomic E-state index is 13.6. The Morgan fingerprint density at radius 2 is 1.55 bits per heavy atom. The Morgan fingerprint density at radius 1 is 0.897 bits per heavy atom. The van der Waals surface area contributed by atoms with E-state index >= 15 is 0 Å². The third kappa shape index (κ3) is 5.87. The highest BCUT2D eigenvalue weighted by Gasteiger charge is 2.08. The lowest BCUT2D eigenvalue weighted by atomic mass is 10.1. The Hall–Kier alpha value is -3.74. The predicted molar refractivity (Wildman–Crippen MR) is 112 cm³/mol. The predicted octanol–water partition coefficient (Wildman–Crippen LogP) is 4.09. The van der Waals surface area contributed by atoms with E-state index in [0.29, 0.717) is 29.9 Å². The molecular weight excluding hydrogens is 371 g/mol. The fourth-order valence-corrected chi connectivity index (χ4v) is 2.71. The number of carbonyl (C=O) groups excluding carboxylic acids is 2. The summed E-state index contributed by atoms with van der Waals surface area (Å²) in [6.07, 6.45) is 2.11. The number of amides is 2. The van der Waals surface area contributed by atoms with Crippen LogP contribution in [0.3, 0.4) is 0 Å². The first kappa shape index (κ1) is 20.0. The molecule has 0 atom stereocenters. The van der Waals surface area contributed by atoms with Crippen LogP contribution in [0.5, 0.6) is 0 Å². The molecule has 0 aliphatic heterocycles. The number of benzene rings is 2. The maximum atomic E-state index is 13.6. The van der Waals surface area contributed by atoms with Crippen LogP contribution in [0.15, 0.2) is 66.9 Å². The van der Waals surface area contributed by atoms with Crippen LogP contribution >= 0.6 is 0 Å². The van der Waals surface area contributed by atoms with Gasteiger partial charge < -0.3 is 16.0 Å². The Labute approximate surface area is 168 Å². The molecular formula is C22H21FN4O2. The molecule has 3 aromatic rings. The van der Waals surface area contributed by atoms with E-state index in [-0.39, 0.29) is 23.3 Å². The zero-order valence-corrected chi connectivity index (χ0v) is 15.9. The lowest BCUT2D eigenvalue weighted by molar-refractivity contribution is -0.114. The molecule has 0 aliphatic rings. The summed E-state index contributed by atoms with van der Waals surface area (Å²) in [6.45, 7) is 1.98. The second-order valence-electron chi connectivity index (χ2n) is 6.41. The molecule has 7 heteroatoms. The Balaban J connectivity index is 1.52. The molecule has 1 heterocycles. The topological polar surface area (TPSA) is 83.1 Å². The van der Waals surface area contributed by atoms with E-state index in [0.717, 1.165) is 5.69 Å². The van der Waals surface area contributed by atoms with Crippen LogP contribution in [0.25, 0.3) is 0 Å². The van der Waals surface area contributed by atoms with Gasteiger partial charge in [0, 0.05) is 24.8 Å². The number of carbonyl (C=O) groups is 2. The van der Waals surface area contributed by atoms with Crippen molar-refractivity contribution in [1.29, 1.82) is 0 Å². The molecule has 0 spiro atoms. The van der Waals surface area contributed by atoms with E-state index in [1.54, 1.807) is 60.8 Å². The number of rotatable bonds is 7. The average molecular weight is 392 g/mol. The number of aromatic nitrogens is 1. The van der Waals surface area contributed by atoms with Crippen molar-refractivity contribution in [2.45, 2.75) is 13.3 Å². The molecule has 0 radical (unpaired) electrons. The third-order valence-electron chi connectivity index (χ3n) is 4.14. The molecule has 0 unspecified atom stereocenters. The Bertz CT molecular complexity index is 988. The van der Waals surface area contributed by atoms with E-state index in [9.17, 15) is 14.0 Å². The summed E-state index contributed by atoms with van der Waals surface area (Å²) in [4.78, 5) is 27.5. The van der Waals surface area contributed by atoms with Crippen molar-refractivity contribution in [3.05, 3.63) is 83.9 Å². The van der Waals surface area contributed by atoms with Gasteiger partial charge in [-0.05, 0) is 54.4 Å². The highest BCUT2D eigenvalue weighted by molar-refractivity contribution is 6.03. The highest BCUT2D eigenvalue weighted by atomic mass is 19.1. The number of hydrogen-bond donors (Lipinski definition) is 3. The fraction of sp³-hybridized carbons (Fsp3) is 0.136. The van der Waals surface area contributed by atoms with Crippen molar-refractivity contribution in [1.82, 2.24) is 4.98 Å². The van der Waals surface area contributed by atoms with E-state index < -0.39 is 0 Å². The van der Waals surface area contributed by atoms with Gasteiger partial charge in [-0.2, -0.15) is 0 Å². The number of anilines is 3. The van der Waals surface area contributed by atoms with Crippen LogP contribution in [-0.4, -0.2) is 23.3 Å². The van der Waals surface area contributed by atoms with Crippen molar-refractivity contribution in [2.75, 3.05) is 22.5 Å². The van der Waals surface area contributed by atoms with Gasteiger partial charge in [0.05, 0.1) is 11.9 Å². The molecule has 0 bridgehead atoms. The van der Waals surface area contributed by atoms with Gasteiger partial charge in [-0.15, -0.1) is 0 Å². The van der Waals surface area contributed by atoms with Crippen molar-refractivity contribution < 1.29 is 14.0 Å². The number of nitrogens with zero attached hydrogens (tertiary/aromatic N) is 1. The molecule has 0 saturated heterocycles. The monoisotopic (exact) mass is 392 g/mol. The molecule has 148 valence electrons. The van der Waals surface area contributed by atoms with Crippen LogP contribution in [0.1, 0.15) is 23.0 Å². The zero-order chi connectivity index (χ0) is 20.6. The van der Waals surface area contributed by atoms with Crippen molar-refractivity contribution >= 4 is 28.9 Å². The Morgan fingerprint density at radius 3 is 2.17 bits per heavy atom. The van der Waals surface area contributed by atoms with Crippen LogP contribution < -0.4 is 16.0 Å². The van der Waals surface area contributed by atoms with Gasteiger partial charge in [-0.25, -0.2) is 9.37 Å². The second kappa shape index (κ2) is 9.45. The second-order valence-corrected chi connectivity index (χ2v) is 6.41. The summed E-state index contributed by atoms with van der Waals surface area (Å²) in [5.41, 5.74) is 2.92.